The van der Waals surface area contributed by atoms with Crippen LogP contribution in [0.25, 0.3) is 22.7 Å². The quantitative estimate of drug-likeness (QED) is 0.443. The molecule has 1 aromatic carbocycles. The fourth-order valence-corrected chi connectivity index (χ4v) is 4.97. The first-order chi connectivity index (χ1) is 17.1. The molecular weight excluding hydrogens is 466 g/mol. The van der Waals surface area contributed by atoms with Gasteiger partial charge in [0.25, 0.3) is 5.91 Å². The van der Waals surface area contributed by atoms with Gasteiger partial charge in [-0.3, -0.25) is 14.5 Å². The summed E-state index contributed by atoms with van der Waals surface area (Å²) in [6.45, 7) is 5.41. The Morgan fingerprint density at radius 2 is 1.97 bits per heavy atom. The maximum absolute atomic E-state index is 13.3. The van der Waals surface area contributed by atoms with Crippen LogP contribution in [-0.2, 0) is 14.3 Å². The first-order valence-corrected chi connectivity index (χ1v) is 12.5. The SMILES string of the molecule is CN1CCN(CCCN(C(=O)C2OC=CC2=O)c2nc(-c3cc(-c4ccccc4)no3)cs2)CC1. The fraction of sp³-hybridized carbons (Fsp3) is 0.360. The van der Waals surface area contributed by atoms with E-state index in [0.29, 0.717) is 28.8 Å². The van der Waals surface area contributed by atoms with Crippen LogP contribution in [0.15, 0.2) is 58.6 Å². The van der Waals surface area contributed by atoms with E-state index in [1.807, 2.05) is 41.8 Å². The standard InChI is InChI=1S/C25H27N5O4S/c1-28-11-13-29(14-12-28)9-5-10-30(24(32)23-21(31)8-15-33-23)25-26-20(17-35-25)22-16-19(27-34-22)18-6-3-2-4-7-18/h2-4,6-8,15-17,23H,5,9-14H2,1H3. The lowest BCUT2D eigenvalue weighted by molar-refractivity contribution is -0.134. The van der Waals surface area contributed by atoms with Gasteiger partial charge in [0, 0.05) is 55.8 Å². The number of amides is 1. The van der Waals surface area contributed by atoms with Crippen LogP contribution in [-0.4, -0.2) is 84.1 Å². The van der Waals surface area contributed by atoms with Crippen LogP contribution in [0.4, 0.5) is 5.13 Å². The van der Waals surface area contributed by atoms with E-state index in [1.54, 1.807) is 4.90 Å². The highest BCUT2D eigenvalue weighted by Crippen LogP contribution is 2.31. The van der Waals surface area contributed by atoms with E-state index in [0.717, 1.165) is 44.7 Å². The van der Waals surface area contributed by atoms with Crippen molar-refractivity contribution in [2.75, 3.05) is 51.2 Å². The number of anilines is 1. The molecule has 4 heterocycles. The molecule has 1 atom stereocenters. The Kier molecular flexibility index (Phi) is 7.03. The molecule has 35 heavy (non-hydrogen) atoms. The number of thiazole rings is 1. The predicted octanol–water partition coefficient (Wildman–Crippen LogP) is 2.92. The summed E-state index contributed by atoms with van der Waals surface area (Å²) in [5.74, 6) is -0.230. The fourth-order valence-electron chi connectivity index (χ4n) is 4.13. The zero-order valence-corrected chi connectivity index (χ0v) is 20.3. The van der Waals surface area contributed by atoms with Gasteiger partial charge >= 0.3 is 0 Å². The largest absolute Gasteiger partial charge is 0.480 e. The first-order valence-electron chi connectivity index (χ1n) is 11.6. The highest BCUT2D eigenvalue weighted by atomic mass is 32.1. The zero-order chi connectivity index (χ0) is 24.2. The van der Waals surface area contributed by atoms with E-state index in [2.05, 4.69) is 27.0 Å². The normalized spacial score (nSPS) is 18.7. The lowest BCUT2D eigenvalue weighted by Gasteiger charge is -2.32. The van der Waals surface area contributed by atoms with Gasteiger partial charge in [0.2, 0.25) is 11.9 Å². The van der Waals surface area contributed by atoms with E-state index in [9.17, 15) is 9.59 Å². The minimum atomic E-state index is -1.15. The molecule has 1 saturated heterocycles. The van der Waals surface area contributed by atoms with Crippen LogP contribution in [0.5, 0.6) is 0 Å². The molecule has 0 bridgehead atoms. The second-order valence-electron chi connectivity index (χ2n) is 8.67. The second-order valence-corrected chi connectivity index (χ2v) is 9.50. The predicted molar refractivity (Wildman–Crippen MR) is 133 cm³/mol. The van der Waals surface area contributed by atoms with Crippen molar-refractivity contribution in [1.82, 2.24) is 19.9 Å². The molecule has 9 nitrogen and oxygen atoms in total. The van der Waals surface area contributed by atoms with Crippen LogP contribution in [0.2, 0.25) is 0 Å². The van der Waals surface area contributed by atoms with Gasteiger partial charge in [-0.25, -0.2) is 4.98 Å². The topological polar surface area (TPSA) is 92.0 Å². The molecule has 0 spiro atoms. The number of hydrogen-bond donors (Lipinski definition) is 0. The van der Waals surface area contributed by atoms with Gasteiger partial charge in [-0.15, -0.1) is 11.3 Å². The first kappa shape index (κ1) is 23.4. The third-order valence-corrected chi connectivity index (χ3v) is 7.07. The summed E-state index contributed by atoms with van der Waals surface area (Å²) >= 11 is 1.33. The highest BCUT2D eigenvalue weighted by molar-refractivity contribution is 7.14. The van der Waals surface area contributed by atoms with Crippen molar-refractivity contribution in [3.63, 3.8) is 0 Å². The van der Waals surface area contributed by atoms with Gasteiger partial charge in [0.15, 0.2) is 10.9 Å². The average molecular weight is 494 g/mol. The summed E-state index contributed by atoms with van der Waals surface area (Å²) in [5, 5.41) is 6.50. The van der Waals surface area contributed by atoms with Crippen molar-refractivity contribution in [3.05, 3.63) is 54.1 Å². The number of carbonyl (C=O) groups excluding carboxylic acids is 2. The van der Waals surface area contributed by atoms with Crippen LogP contribution in [0.3, 0.4) is 0 Å². The molecule has 3 aromatic rings. The number of benzene rings is 1. The number of nitrogens with zero attached hydrogens (tertiary/aromatic N) is 5. The molecule has 0 N–H and O–H groups in total. The second kappa shape index (κ2) is 10.5. The van der Waals surface area contributed by atoms with Crippen LogP contribution in [0.1, 0.15) is 6.42 Å². The minimum Gasteiger partial charge on any atom is -0.480 e. The molecule has 0 saturated carbocycles. The molecule has 2 aromatic heterocycles. The Bertz CT molecular complexity index is 1200. The molecule has 1 amide bonds. The van der Waals surface area contributed by atoms with Crippen molar-refractivity contribution < 1.29 is 18.8 Å². The molecule has 182 valence electrons. The molecule has 1 unspecified atom stereocenters. The van der Waals surface area contributed by atoms with Gasteiger partial charge < -0.3 is 19.1 Å². The van der Waals surface area contributed by atoms with Crippen molar-refractivity contribution in [2.45, 2.75) is 12.5 Å². The zero-order valence-electron chi connectivity index (χ0n) is 19.5. The maximum Gasteiger partial charge on any atom is 0.278 e. The van der Waals surface area contributed by atoms with Crippen LogP contribution in [0, 0.1) is 0 Å². The summed E-state index contributed by atoms with van der Waals surface area (Å²) < 4.78 is 10.8. The van der Waals surface area contributed by atoms with E-state index in [4.69, 9.17) is 9.26 Å². The molecule has 5 rings (SSSR count). The van der Waals surface area contributed by atoms with Gasteiger partial charge in [0.05, 0.1) is 6.26 Å². The Labute approximate surface area is 207 Å². The lowest BCUT2D eigenvalue weighted by Crippen LogP contribution is -2.46. The number of likely N-dealkylation sites (N-methyl/N-ethyl adjacent to an activating group) is 1. The summed E-state index contributed by atoms with van der Waals surface area (Å²) in [7, 11) is 2.13. The minimum absolute atomic E-state index is 0.349. The van der Waals surface area contributed by atoms with E-state index < -0.39 is 12.0 Å². The lowest BCUT2D eigenvalue weighted by atomic mass is 10.1. The molecular formula is C25H27N5O4S. The molecule has 1 fully saturated rings. The monoisotopic (exact) mass is 493 g/mol. The van der Waals surface area contributed by atoms with Crippen LogP contribution < -0.4 is 4.90 Å². The Morgan fingerprint density at radius 1 is 1.17 bits per heavy atom. The van der Waals surface area contributed by atoms with Gasteiger partial charge in [-0.05, 0) is 20.0 Å². The van der Waals surface area contributed by atoms with Crippen molar-refractivity contribution in [1.29, 1.82) is 0 Å². The number of aromatic nitrogens is 2. The highest BCUT2D eigenvalue weighted by Gasteiger charge is 2.35. The average Bonchev–Trinajstić information content (AvgIpc) is 3.64. The summed E-state index contributed by atoms with van der Waals surface area (Å²) in [6, 6.07) is 11.6. The Hall–Kier alpha value is -3.34. The number of carbonyl (C=O) groups is 2. The molecule has 2 aliphatic rings. The van der Waals surface area contributed by atoms with Gasteiger partial charge in [0.1, 0.15) is 11.4 Å². The molecule has 0 radical (unpaired) electrons. The van der Waals surface area contributed by atoms with Crippen molar-refractivity contribution in [3.8, 4) is 22.7 Å². The Morgan fingerprint density at radius 3 is 2.71 bits per heavy atom. The van der Waals surface area contributed by atoms with Crippen LogP contribution >= 0.6 is 11.3 Å². The summed E-state index contributed by atoms with van der Waals surface area (Å²) in [5.41, 5.74) is 2.25. The van der Waals surface area contributed by atoms with Gasteiger partial charge in [-0.1, -0.05) is 35.5 Å². The summed E-state index contributed by atoms with van der Waals surface area (Å²) in [4.78, 5) is 36.4. The Balaban J connectivity index is 1.31. The molecule has 0 aliphatic carbocycles. The molecule has 2 aliphatic heterocycles. The van der Waals surface area contributed by atoms with E-state index in [-0.39, 0.29) is 5.78 Å². The number of rotatable bonds is 8. The third kappa shape index (κ3) is 5.34. The number of ether oxygens (including phenoxy) is 1. The number of piperazine rings is 1. The number of hydrogen-bond acceptors (Lipinski definition) is 9. The van der Waals surface area contributed by atoms with E-state index >= 15 is 0 Å². The summed E-state index contributed by atoms with van der Waals surface area (Å²) in [6.07, 6.45) is 2.18. The van der Waals surface area contributed by atoms with E-state index in [1.165, 1.54) is 23.7 Å². The third-order valence-electron chi connectivity index (χ3n) is 6.20. The molecule has 10 heteroatoms. The van der Waals surface area contributed by atoms with Gasteiger partial charge in [-0.2, -0.15) is 0 Å². The number of ketones is 1. The maximum atomic E-state index is 13.3. The van der Waals surface area contributed by atoms with Crippen molar-refractivity contribution in [2.24, 2.45) is 0 Å². The van der Waals surface area contributed by atoms with Crippen molar-refractivity contribution >= 4 is 28.2 Å². The smallest absolute Gasteiger partial charge is 0.278 e.